The lowest BCUT2D eigenvalue weighted by atomic mass is 10.1. The van der Waals surface area contributed by atoms with Crippen LogP contribution in [0.3, 0.4) is 0 Å². The van der Waals surface area contributed by atoms with Crippen molar-refractivity contribution in [2.75, 3.05) is 7.11 Å². The molecule has 0 fully saturated rings. The second-order valence-corrected chi connectivity index (χ2v) is 4.53. The number of aryl methyl sites for hydroxylation is 1. The van der Waals surface area contributed by atoms with Crippen LogP contribution in [0.5, 0.6) is 11.5 Å². The summed E-state index contributed by atoms with van der Waals surface area (Å²) in [5.74, 6) is 0.398. The molecule has 2 aromatic rings. The van der Waals surface area contributed by atoms with E-state index in [1.54, 1.807) is 18.2 Å². The fourth-order valence-corrected chi connectivity index (χ4v) is 1.93. The summed E-state index contributed by atoms with van der Waals surface area (Å²) in [6.07, 6.45) is 0. The van der Waals surface area contributed by atoms with Crippen molar-refractivity contribution in [2.24, 2.45) is 0 Å². The van der Waals surface area contributed by atoms with Gasteiger partial charge in [-0.25, -0.2) is 4.39 Å². The minimum Gasteiger partial charge on any atom is -0.494 e. The quantitative estimate of drug-likeness (QED) is 0.911. The Balaban J connectivity index is 2.10. The first-order valence-corrected chi connectivity index (χ1v) is 6.29. The molecule has 0 heterocycles. The van der Waals surface area contributed by atoms with E-state index in [0.29, 0.717) is 11.3 Å². The van der Waals surface area contributed by atoms with Crippen molar-refractivity contribution in [3.05, 3.63) is 58.9 Å². The van der Waals surface area contributed by atoms with E-state index in [-0.39, 0.29) is 19.0 Å². The van der Waals surface area contributed by atoms with E-state index in [0.717, 1.165) is 11.1 Å². The summed E-state index contributed by atoms with van der Waals surface area (Å²) < 4.78 is 24.0. The Hall–Kier alpha value is -2.07. The van der Waals surface area contributed by atoms with E-state index in [1.807, 2.05) is 19.1 Å². The van der Waals surface area contributed by atoms with Gasteiger partial charge in [0.2, 0.25) is 0 Å². The number of aliphatic hydroxyl groups excluding tert-OH is 1. The average Bonchev–Trinajstić information content (AvgIpc) is 2.46. The molecule has 2 aromatic carbocycles. The minimum atomic E-state index is -0.417. The third kappa shape index (κ3) is 3.27. The van der Waals surface area contributed by atoms with Crippen molar-refractivity contribution >= 4 is 0 Å². The molecule has 0 aromatic heterocycles. The standard InChI is InChI=1S/C16H17FO3/c1-11-3-5-15(13(7-11)9-18)20-10-12-4-6-16(19-2)14(17)8-12/h3-8,18H,9-10H2,1-2H3. The summed E-state index contributed by atoms with van der Waals surface area (Å²) in [6.45, 7) is 2.09. The number of ether oxygens (including phenoxy) is 2. The van der Waals surface area contributed by atoms with Gasteiger partial charge in [-0.3, -0.25) is 0 Å². The number of hydrogen-bond donors (Lipinski definition) is 1. The van der Waals surface area contributed by atoms with Gasteiger partial charge in [-0.2, -0.15) is 0 Å². The molecule has 0 aliphatic rings. The van der Waals surface area contributed by atoms with Crippen LogP contribution in [0, 0.1) is 12.7 Å². The monoisotopic (exact) mass is 276 g/mol. The fraction of sp³-hybridized carbons (Fsp3) is 0.250. The zero-order chi connectivity index (χ0) is 14.5. The van der Waals surface area contributed by atoms with Crippen molar-refractivity contribution in [3.63, 3.8) is 0 Å². The first-order valence-electron chi connectivity index (χ1n) is 6.29. The molecule has 0 saturated heterocycles. The first kappa shape index (κ1) is 14.3. The molecule has 20 heavy (non-hydrogen) atoms. The van der Waals surface area contributed by atoms with Crippen molar-refractivity contribution in [2.45, 2.75) is 20.1 Å². The average molecular weight is 276 g/mol. The number of aliphatic hydroxyl groups is 1. The van der Waals surface area contributed by atoms with Crippen LogP contribution in [-0.4, -0.2) is 12.2 Å². The molecule has 0 radical (unpaired) electrons. The molecule has 0 amide bonds. The SMILES string of the molecule is COc1ccc(COc2ccc(C)cc2CO)cc1F. The molecule has 0 atom stereocenters. The lowest BCUT2D eigenvalue weighted by molar-refractivity contribution is 0.258. The Morgan fingerprint density at radius 3 is 2.50 bits per heavy atom. The third-order valence-electron chi connectivity index (χ3n) is 3.00. The van der Waals surface area contributed by atoms with Gasteiger partial charge in [0.15, 0.2) is 11.6 Å². The van der Waals surface area contributed by atoms with E-state index in [2.05, 4.69) is 0 Å². The van der Waals surface area contributed by atoms with E-state index >= 15 is 0 Å². The largest absolute Gasteiger partial charge is 0.494 e. The molecule has 2 rings (SSSR count). The lowest BCUT2D eigenvalue weighted by Crippen LogP contribution is -2.00. The number of halogens is 1. The van der Waals surface area contributed by atoms with E-state index < -0.39 is 5.82 Å². The van der Waals surface area contributed by atoms with Crippen LogP contribution in [0.4, 0.5) is 4.39 Å². The lowest BCUT2D eigenvalue weighted by Gasteiger charge is -2.11. The van der Waals surface area contributed by atoms with Gasteiger partial charge in [0, 0.05) is 5.56 Å². The molecular formula is C16H17FO3. The van der Waals surface area contributed by atoms with Crippen molar-refractivity contribution in [3.8, 4) is 11.5 Å². The van der Waals surface area contributed by atoms with Gasteiger partial charge in [-0.05, 0) is 30.7 Å². The molecule has 0 unspecified atom stereocenters. The summed E-state index contributed by atoms with van der Waals surface area (Å²) in [7, 11) is 1.43. The van der Waals surface area contributed by atoms with Crippen LogP contribution in [0.15, 0.2) is 36.4 Å². The number of hydrogen-bond acceptors (Lipinski definition) is 3. The highest BCUT2D eigenvalue weighted by molar-refractivity contribution is 5.37. The Morgan fingerprint density at radius 2 is 1.85 bits per heavy atom. The maximum Gasteiger partial charge on any atom is 0.165 e. The van der Waals surface area contributed by atoms with Crippen molar-refractivity contribution < 1.29 is 19.0 Å². The third-order valence-corrected chi connectivity index (χ3v) is 3.00. The van der Waals surface area contributed by atoms with Crippen LogP contribution < -0.4 is 9.47 Å². The first-order chi connectivity index (χ1) is 9.63. The van der Waals surface area contributed by atoms with E-state index in [4.69, 9.17) is 9.47 Å². The number of rotatable bonds is 5. The van der Waals surface area contributed by atoms with Crippen molar-refractivity contribution in [1.29, 1.82) is 0 Å². The molecule has 1 N–H and O–H groups in total. The maximum absolute atomic E-state index is 13.6. The minimum absolute atomic E-state index is 0.0893. The number of methoxy groups -OCH3 is 1. The summed E-state index contributed by atoms with van der Waals surface area (Å²) in [4.78, 5) is 0. The van der Waals surface area contributed by atoms with E-state index in [1.165, 1.54) is 13.2 Å². The molecule has 3 nitrogen and oxygen atoms in total. The molecular weight excluding hydrogens is 259 g/mol. The Labute approximate surface area is 117 Å². The van der Waals surface area contributed by atoms with Crippen LogP contribution in [0.2, 0.25) is 0 Å². The van der Waals surface area contributed by atoms with Gasteiger partial charge in [0.1, 0.15) is 12.4 Å². The Kier molecular flexibility index (Phi) is 4.58. The van der Waals surface area contributed by atoms with Gasteiger partial charge < -0.3 is 14.6 Å². The molecule has 0 aliphatic carbocycles. The van der Waals surface area contributed by atoms with Gasteiger partial charge in [0.05, 0.1) is 13.7 Å². The molecule has 0 bridgehead atoms. The van der Waals surface area contributed by atoms with Crippen LogP contribution in [0.25, 0.3) is 0 Å². The van der Waals surface area contributed by atoms with Crippen molar-refractivity contribution in [1.82, 2.24) is 0 Å². The molecule has 4 heteroatoms. The fourth-order valence-electron chi connectivity index (χ4n) is 1.93. The number of benzene rings is 2. The summed E-state index contributed by atoms with van der Waals surface area (Å²) in [5, 5.41) is 9.30. The van der Waals surface area contributed by atoms with Gasteiger partial charge in [0.25, 0.3) is 0 Å². The Bertz CT molecular complexity index is 596. The summed E-state index contributed by atoms with van der Waals surface area (Å²) in [6, 6.07) is 10.3. The zero-order valence-electron chi connectivity index (χ0n) is 11.5. The van der Waals surface area contributed by atoms with Crippen LogP contribution >= 0.6 is 0 Å². The summed E-state index contributed by atoms with van der Waals surface area (Å²) in [5.41, 5.74) is 2.48. The molecule has 0 saturated carbocycles. The maximum atomic E-state index is 13.6. The Morgan fingerprint density at radius 1 is 1.10 bits per heavy atom. The molecule has 106 valence electrons. The van der Waals surface area contributed by atoms with Crippen LogP contribution in [-0.2, 0) is 13.2 Å². The predicted octanol–water partition coefficient (Wildman–Crippen LogP) is 3.21. The second-order valence-electron chi connectivity index (χ2n) is 4.53. The van der Waals surface area contributed by atoms with Gasteiger partial charge in [-0.1, -0.05) is 23.8 Å². The highest BCUT2D eigenvalue weighted by atomic mass is 19.1. The second kappa shape index (κ2) is 6.39. The van der Waals surface area contributed by atoms with Gasteiger partial charge >= 0.3 is 0 Å². The molecule has 0 spiro atoms. The topological polar surface area (TPSA) is 38.7 Å². The highest BCUT2D eigenvalue weighted by Crippen LogP contribution is 2.23. The molecule has 0 aliphatic heterocycles. The van der Waals surface area contributed by atoms with E-state index in [9.17, 15) is 9.50 Å². The predicted molar refractivity (Wildman–Crippen MR) is 74.4 cm³/mol. The normalized spacial score (nSPS) is 10.4. The van der Waals surface area contributed by atoms with Gasteiger partial charge in [-0.15, -0.1) is 0 Å². The van der Waals surface area contributed by atoms with Crippen LogP contribution in [0.1, 0.15) is 16.7 Å². The zero-order valence-corrected chi connectivity index (χ0v) is 11.5. The highest BCUT2D eigenvalue weighted by Gasteiger charge is 2.06. The smallest absolute Gasteiger partial charge is 0.165 e. The summed E-state index contributed by atoms with van der Waals surface area (Å²) >= 11 is 0.